The van der Waals surface area contributed by atoms with E-state index in [1.54, 1.807) is 0 Å². The molecule has 3 saturated carbocycles. The van der Waals surface area contributed by atoms with E-state index in [1.165, 1.54) is 37.8 Å². The van der Waals surface area contributed by atoms with Crippen molar-refractivity contribution in [2.75, 3.05) is 12.4 Å². The first-order valence-electron chi connectivity index (χ1n) is 12.3. The van der Waals surface area contributed by atoms with Gasteiger partial charge in [-0.15, -0.1) is 0 Å². The van der Waals surface area contributed by atoms with Crippen LogP contribution < -0.4 is 4.74 Å². The largest absolute Gasteiger partial charge is 0.748 e. The lowest BCUT2D eigenvalue weighted by Crippen LogP contribution is -2.37. The van der Waals surface area contributed by atoms with Crippen LogP contribution >= 0.6 is 0 Å². The Morgan fingerprint density at radius 1 is 1.15 bits per heavy atom. The van der Waals surface area contributed by atoms with Crippen molar-refractivity contribution in [1.29, 1.82) is 0 Å². The highest BCUT2D eigenvalue weighted by Crippen LogP contribution is 2.59. The first-order chi connectivity index (χ1) is 16.1. The summed E-state index contributed by atoms with van der Waals surface area (Å²) in [7, 11) is -4.28. The van der Waals surface area contributed by atoms with E-state index in [9.17, 15) is 22.2 Å². The number of unbranched alkanes of at least 4 members (excludes halogenated alkanes) is 1. The number of rotatable bonds is 11. The number of carbonyl (C=O) groups excluding carboxylic acids is 1. The van der Waals surface area contributed by atoms with Gasteiger partial charge in [-0.2, -0.15) is 0 Å². The fourth-order valence-electron chi connectivity index (χ4n) is 6.13. The predicted octanol–water partition coefficient (Wildman–Crippen LogP) is 4.51. The van der Waals surface area contributed by atoms with Crippen LogP contribution in [0.1, 0.15) is 69.2 Å². The molecule has 4 rings (SSSR count). The van der Waals surface area contributed by atoms with Gasteiger partial charge in [0.15, 0.2) is 11.6 Å². The molecule has 0 N–H and O–H groups in total. The number of halogens is 1. The van der Waals surface area contributed by atoms with Gasteiger partial charge in [0.1, 0.15) is 0 Å². The molecule has 3 aliphatic carbocycles. The summed E-state index contributed by atoms with van der Waals surface area (Å²) >= 11 is 0. The summed E-state index contributed by atoms with van der Waals surface area (Å²) in [5, 5.41) is 0. The Labute approximate surface area is 201 Å². The van der Waals surface area contributed by atoms with Crippen LogP contribution in [0.3, 0.4) is 0 Å². The van der Waals surface area contributed by atoms with Gasteiger partial charge in [-0.1, -0.05) is 20.3 Å². The first kappa shape index (κ1) is 25.4. The minimum Gasteiger partial charge on any atom is -0.748 e. The minimum atomic E-state index is -4.28. The second-order valence-electron chi connectivity index (χ2n) is 10.3. The van der Waals surface area contributed by atoms with Crippen LogP contribution in [0.15, 0.2) is 18.2 Å². The molecule has 0 amide bonds. The number of hydrogen-bond acceptors (Lipinski definition) is 7. The molecule has 2 bridgehead atoms. The van der Waals surface area contributed by atoms with E-state index >= 15 is 0 Å². The highest BCUT2D eigenvalue weighted by Gasteiger charge is 2.54. The Kier molecular flexibility index (Phi) is 7.84. The second-order valence-corrected chi connectivity index (χ2v) is 11.8. The molecule has 0 spiro atoms. The van der Waals surface area contributed by atoms with Crippen LogP contribution in [0.5, 0.6) is 5.75 Å². The van der Waals surface area contributed by atoms with E-state index in [4.69, 9.17) is 14.2 Å². The number of esters is 1. The maximum atomic E-state index is 14.5. The lowest BCUT2D eigenvalue weighted by molar-refractivity contribution is -0.163. The van der Waals surface area contributed by atoms with Gasteiger partial charge in [0.25, 0.3) is 0 Å². The molecule has 6 atom stereocenters. The third-order valence-electron chi connectivity index (χ3n) is 7.65. The van der Waals surface area contributed by atoms with Gasteiger partial charge in [-0.25, -0.2) is 17.6 Å². The van der Waals surface area contributed by atoms with Crippen molar-refractivity contribution in [2.45, 2.75) is 71.2 Å². The Balaban J connectivity index is 1.34. The summed E-state index contributed by atoms with van der Waals surface area (Å²) in [4.78, 5) is 12.3. The maximum absolute atomic E-state index is 14.5. The molecule has 0 heterocycles. The third kappa shape index (κ3) is 5.91. The van der Waals surface area contributed by atoms with Crippen LogP contribution in [0.4, 0.5) is 4.39 Å². The van der Waals surface area contributed by atoms with Gasteiger partial charge in [0.2, 0.25) is 6.29 Å². The smallest absolute Gasteiger partial charge is 0.338 e. The minimum absolute atomic E-state index is 0.00852. The molecule has 6 unspecified atom stereocenters. The SMILES string of the molecule is CC(C)C(Oc1cc(C(=O)OCCCCS(=O)(=O)[O-])ccc1F)OC1CC2CC1C1CCCC21. The van der Waals surface area contributed by atoms with Crippen molar-refractivity contribution < 1.29 is 36.4 Å². The van der Waals surface area contributed by atoms with E-state index in [2.05, 4.69) is 0 Å². The summed E-state index contributed by atoms with van der Waals surface area (Å²) in [6, 6.07) is 3.79. The number of hydrogen-bond donors (Lipinski definition) is 0. The molecule has 3 fully saturated rings. The Morgan fingerprint density at radius 3 is 2.65 bits per heavy atom. The van der Waals surface area contributed by atoms with Crippen LogP contribution in [0.2, 0.25) is 0 Å². The quantitative estimate of drug-likeness (QED) is 0.192. The third-order valence-corrected chi connectivity index (χ3v) is 8.44. The fraction of sp³-hybridized carbons (Fsp3) is 0.720. The zero-order valence-electron chi connectivity index (χ0n) is 19.8. The van der Waals surface area contributed by atoms with E-state index in [0.717, 1.165) is 30.2 Å². The maximum Gasteiger partial charge on any atom is 0.338 e. The molecule has 34 heavy (non-hydrogen) atoms. The van der Waals surface area contributed by atoms with Crippen LogP contribution in [0, 0.1) is 35.4 Å². The van der Waals surface area contributed by atoms with Crippen molar-refractivity contribution in [3.63, 3.8) is 0 Å². The van der Waals surface area contributed by atoms with Crippen LogP contribution in [-0.4, -0.2) is 43.7 Å². The van der Waals surface area contributed by atoms with Crippen molar-refractivity contribution in [3.8, 4) is 5.75 Å². The van der Waals surface area contributed by atoms with Crippen molar-refractivity contribution in [3.05, 3.63) is 29.6 Å². The highest BCUT2D eigenvalue weighted by molar-refractivity contribution is 7.85. The summed E-state index contributed by atoms with van der Waals surface area (Å²) in [6.45, 7) is 3.90. The molecule has 1 aromatic carbocycles. The average Bonchev–Trinajstić information content (AvgIpc) is 3.47. The number of fused-ring (bicyclic) bond motifs is 5. The zero-order valence-corrected chi connectivity index (χ0v) is 20.6. The molecule has 3 aliphatic rings. The Bertz CT molecular complexity index is 979. The van der Waals surface area contributed by atoms with Crippen LogP contribution in [-0.2, 0) is 19.6 Å². The van der Waals surface area contributed by atoms with Gasteiger partial charge in [0, 0.05) is 11.7 Å². The topological polar surface area (TPSA) is 102 Å². The molecule has 190 valence electrons. The average molecular weight is 498 g/mol. The fourth-order valence-corrected chi connectivity index (χ4v) is 6.69. The van der Waals surface area contributed by atoms with Crippen molar-refractivity contribution >= 4 is 16.1 Å². The number of carbonyl (C=O) groups is 1. The van der Waals surface area contributed by atoms with Gasteiger partial charge >= 0.3 is 5.97 Å². The lowest BCUT2D eigenvalue weighted by atomic mass is 9.80. The molecular formula is C25H34FO7S-. The van der Waals surface area contributed by atoms with E-state index in [-0.39, 0.29) is 42.8 Å². The normalized spacial score (nSPS) is 28.8. The Morgan fingerprint density at radius 2 is 1.91 bits per heavy atom. The highest BCUT2D eigenvalue weighted by atomic mass is 32.2. The molecule has 0 aliphatic heterocycles. The first-order valence-corrected chi connectivity index (χ1v) is 13.9. The standard InChI is InChI=1S/C25H35FO7S/c1-15(2)25(32-22-14-17-12-20(22)19-7-5-6-18(17)19)33-23-13-16(8-9-21(23)26)24(27)31-10-3-4-11-34(28,29)30/h8-9,13,15,17-20,22,25H,3-7,10-12,14H2,1-2H3,(H,28,29,30)/p-1. The second kappa shape index (κ2) is 10.5. The van der Waals surface area contributed by atoms with E-state index < -0.39 is 33.9 Å². The van der Waals surface area contributed by atoms with E-state index in [0.29, 0.717) is 5.92 Å². The van der Waals surface area contributed by atoms with Gasteiger partial charge < -0.3 is 18.8 Å². The van der Waals surface area contributed by atoms with E-state index in [1.807, 2.05) is 13.8 Å². The molecule has 1 aromatic rings. The Hall–Kier alpha value is -1.71. The van der Waals surface area contributed by atoms with Crippen LogP contribution in [0.25, 0.3) is 0 Å². The van der Waals surface area contributed by atoms with Gasteiger partial charge in [0.05, 0.1) is 28.4 Å². The zero-order chi connectivity index (χ0) is 24.5. The lowest BCUT2D eigenvalue weighted by Gasteiger charge is -2.35. The number of benzene rings is 1. The van der Waals surface area contributed by atoms with Gasteiger partial charge in [-0.05, 0) is 80.4 Å². The predicted molar refractivity (Wildman–Crippen MR) is 122 cm³/mol. The summed E-state index contributed by atoms with van der Waals surface area (Å²) in [6.07, 6.45) is 6.05. The molecule has 0 aromatic heterocycles. The number of ether oxygens (including phenoxy) is 3. The van der Waals surface area contributed by atoms with Crippen molar-refractivity contribution in [2.24, 2.45) is 29.6 Å². The summed E-state index contributed by atoms with van der Waals surface area (Å²) in [5.74, 6) is 1.07. The molecular weight excluding hydrogens is 463 g/mol. The molecule has 9 heteroatoms. The summed E-state index contributed by atoms with van der Waals surface area (Å²) in [5.41, 5.74) is 0.129. The molecule has 0 radical (unpaired) electrons. The molecule has 0 saturated heterocycles. The van der Waals surface area contributed by atoms with Crippen molar-refractivity contribution in [1.82, 2.24) is 0 Å². The summed E-state index contributed by atoms with van der Waals surface area (Å²) < 4.78 is 63.9. The van der Waals surface area contributed by atoms with Gasteiger partial charge in [-0.3, -0.25) is 0 Å². The molecule has 7 nitrogen and oxygen atoms in total. The monoisotopic (exact) mass is 497 g/mol.